The average molecular weight is 449 g/mol. The van der Waals surface area contributed by atoms with Crippen LogP contribution in [0.4, 0.5) is 5.69 Å². The Bertz CT molecular complexity index is 1310. The van der Waals surface area contributed by atoms with E-state index in [1.54, 1.807) is 0 Å². The molecule has 170 valence electrons. The highest BCUT2D eigenvalue weighted by Crippen LogP contribution is 2.23. The van der Waals surface area contributed by atoms with Gasteiger partial charge in [-0.05, 0) is 35.4 Å². The number of ether oxygens (including phenoxy) is 1. The number of anilines is 1. The minimum absolute atomic E-state index is 0.416. The van der Waals surface area contributed by atoms with Gasteiger partial charge in [-0.15, -0.1) is 0 Å². The van der Waals surface area contributed by atoms with Gasteiger partial charge >= 0.3 is 0 Å². The third kappa shape index (κ3) is 5.09. The normalized spacial score (nSPS) is 13.4. The zero-order chi connectivity index (χ0) is 23.2. The summed E-state index contributed by atoms with van der Waals surface area (Å²) >= 11 is 0. The van der Waals surface area contributed by atoms with Crippen molar-refractivity contribution in [2.24, 2.45) is 4.99 Å². The number of imidazole rings is 1. The lowest BCUT2D eigenvalue weighted by Gasteiger charge is -2.18. The molecule has 0 saturated heterocycles. The van der Waals surface area contributed by atoms with Crippen molar-refractivity contribution >= 4 is 17.5 Å². The predicted octanol–water partition coefficient (Wildman–Crippen LogP) is 5.46. The molecule has 0 bridgehead atoms. The number of allylic oxidation sites excluding steroid dienone is 1. The summed E-state index contributed by atoms with van der Waals surface area (Å²) in [6.07, 6.45) is 8.02. The second kappa shape index (κ2) is 10.2. The van der Waals surface area contributed by atoms with E-state index in [-0.39, 0.29) is 0 Å². The number of hydrogen-bond donors (Lipinski definition) is 0. The maximum absolute atomic E-state index is 6.10. The largest absolute Gasteiger partial charge is 0.486 e. The Morgan fingerprint density at radius 2 is 1.79 bits per heavy atom. The van der Waals surface area contributed by atoms with Crippen LogP contribution >= 0.6 is 0 Å². The molecule has 0 spiro atoms. The van der Waals surface area contributed by atoms with Crippen molar-refractivity contribution in [2.45, 2.75) is 13.2 Å². The van der Waals surface area contributed by atoms with E-state index in [4.69, 9.17) is 9.73 Å². The molecule has 1 aliphatic heterocycles. The number of rotatable bonds is 7. The van der Waals surface area contributed by atoms with Crippen molar-refractivity contribution in [3.8, 4) is 5.75 Å². The van der Waals surface area contributed by atoms with Gasteiger partial charge in [0.25, 0.3) is 0 Å². The molecule has 1 aromatic heterocycles. The highest BCUT2D eigenvalue weighted by Gasteiger charge is 2.13. The zero-order valence-electron chi connectivity index (χ0n) is 19.3. The van der Waals surface area contributed by atoms with Gasteiger partial charge in [0.2, 0.25) is 0 Å². The molecule has 0 N–H and O–H groups in total. The van der Waals surface area contributed by atoms with Crippen LogP contribution in [-0.4, -0.2) is 35.4 Å². The average Bonchev–Trinajstić information content (AvgIpc) is 3.25. The summed E-state index contributed by atoms with van der Waals surface area (Å²) in [4.78, 5) is 11.6. The van der Waals surface area contributed by atoms with Crippen molar-refractivity contribution in [3.63, 3.8) is 0 Å². The second-order valence-electron chi connectivity index (χ2n) is 8.36. The van der Waals surface area contributed by atoms with Gasteiger partial charge in [0.1, 0.15) is 18.2 Å². The van der Waals surface area contributed by atoms with Gasteiger partial charge in [-0.1, -0.05) is 66.7 Å². The number of fused-ring (bicyclic) bond motifs is 1. The van der Waals surface area contributed by atoms with Gasteiger partial charge < -0.3 is 14.2 Å². The first-order valence-corrected chi connectivity index (χ1v) is 11.6. The van der Waals surface area contributed by atoms with E-state index in [1.807, 2.05) is 30.6 Å². The van der Waals surface area contributed by atoms with E-state index in [0.717, 1.165) is 48.0 Å². The third-order valence-corrected chi connectivity index (χ3v) is 5.97. The van der Waals surface area contributed by atoms with Crippen LogP contribution in [0.5, 0.6) is 5.75 Å². The number of likely N-dealkylation sites (N-methyl/N-ethyl adjacent to an activating group) is 1. The lowest BCUT2D eigenvalue weighted by Crippen LogP contribution is -2.20. The van der Waals surface area contributed by atoms with Gasteiger partial charge in [0.05, 0.1) is 12.3 Å². The molecule has 0 aliphatic carbocycles. The van der Waals surface area contributed by atoms with Gasteiger partial charge in [0.15, 0.2) is 0 Å². The van der Waals surface area contributed by atoms with Gasteiger partial charge in [-0.3, -0.25) is 4.99 Å². The number of benzodiazepines with no additional fused rings is 1. The number of nitrogens with zero attached hydrogens (tertiary/aromatic N) is 4. The second-order valence-corrected chi connectivity index (χ2v) is 8.36. The van der Waals surface area contributed by atoms with Crippen LogP contribution in [-0.2, 0) is 13.2 Å². The Morgan fingerprint density at radius 3 is 2.71 bits per heavy atom. The predicted molar refractivity (Wildman–Crippen MR) is 139 cm³/mol. The Morgan fingerprint density at radius 1 is 0.941 bits per heavy atom. The van der Waals surface area contributed by atoms with Gasteiger partial charge in [-0.2, -0.15) is 0 Å². The number of para-hydroxylation sites is 1. The molecule has 0 amide bonds. The quantitative estimate of drug-likeness (QED) is 0.377. The van der Waals surface area contributed by atoms with Crippen LogP contribution in [0.15, 0.2) is 102 Å². The van der Waals surface area contributed by atoms with Gasteiger partial charge in [-0.25, -0.2) is 4.98 Å². The molecule has 0 fully saturated rings. The summed E-state index contributed by atoms with van der Waals surface area (Å²) in [6, 6.07) is 26.9. The van der Waals surface area contributed by atoms with E-state index in [9.17, 15) is 0 Å². The van der Waals surface area contributed by atoms with Crippen LogP contribution < -0.4 is 9.64 Å². The van der Waals surface area contributed by atoms with Crippen LogP contribution in [0.1, 0.15) is 22.5 Å². The SMILES string of the molecule is CN1CCN=C(/C=C/c2cccc(OCc3nccn3Cc3ccccc3)c2)c2ccccc21. The maximum Gasteiger partial charge on any atom is 0.147 e. The van der Waals surface area contributed by atoms with Crippen LogP contribution in [0.3, 0.4) is 0 Å². The van der Waals surface area contributed by atoms with Crippen LogP contribution in [0, 0.1) is 0 Å². The van der Waals surface area contributed by atoms with E-state index < -0.39 is 0 Å². The Balaban J connectivity index is 1.27. The zero-order valence-corrected chi connectivity index (χ0v) is 19.3. The summed E-state index contributed by atoms with van der Waals surface area (Å²) in [7, 11) is 2.12. The van der Waals surface area contributed by atoms with E-state index >= 15 is 0 Å². The smallest absolute Gasteiger partial charge is 0.147 e. The monoisotopic (exact) mass is 448 g/mol. The van der Waals surface area contributed by atoms with E-state index in [2.05, 4.69) is 94.3 Å². The molecular weight excluding hydrogens is 420 g/mol. The first kappa shape index (κ1) is 21.7. The van der Waals surface area contributed by atoms with E-state index in [0.29, 0.717) is 6.61 Å². The number of benzene rings is 3. The molecule has 34 heavy (non-hydrogen) atoms. The van der Waals surface area contributed by atoms with E-state index in [1.165, 1.54) is 11.3 Å². The Kier molecular flexibility index (Phi) is 6.52. The van der Waals surface area contributed by atoms with Crippen molar-refractivity contribution in [3.05, 3.63) is 120 Å². The molecule has 0 unspecified atom stereocenters. The molecule has 5 heteroatoms. The molecule has 5 rings (SSSR count). The highest BCUT2D eigenvalue weighted by atomic mass is 16.5. The first-order chi connectivity index (χ1) is 16.8. The lowest BCUT2D eigenvalue weighted by molar-refractivity contribution is 0.290. The number of hydrogen-bond acceptors (Lipinski definition) is 4. The molecule has 3 aromatic carbocycles. The van der Waals surface area contributed by atoms with Crippen LogP contribution in [0.25, 0.3) is 6.08 Å². The number of aliphatic imine (C=N–C) groups is 1. The summed E-state index contributed by atoms with van der Waals surface area (Å²) in [6.45, 7) is 2.89. The fraction of sp³-hybridized carbons (Fsp3) is 0.172. The maximum atomic E-state index is 6.10. The lowest BCUT2D eigenvalue weighted by atomic mass is 10.1. The molecular formula is C29H28N4O. The molecule has 0 radical (unpaired) electrons. The van der Waals surface area contributed by atoms with Gasteiger partial charge in [0, 0.05) is 43.8 Å². The Labute approximate surface area is 200 Å². The fourth-order valence-electron chi connectivity index (χ4n) is 4.13. The van der Waals surface area contributed by atoms with Crippen molar-refractivity contribution in [2.75, 3.05) is 25.0 Å². The Hall–Kier alpha value is -4.12. The van der Waals surface area contributed by atoms with Crippen molar-refractivity contribution in [1.82, 2.24) is 9.55 Å². The molecule has 0 saturated carbocycles. The molecule has 2 heterocycles. The highest BCUT2D eigenvalue weighted by molar-refractivity contribution is 6.14. The standard InChI is InChI=1S/C29H28N4O/c1-32-18-16-30-27(26-12-5-6-13-28(26)32)15-14-23-10-7-11-25(20-23)34-22-29-31-17-19-33(29)21-24-8-3-2-4-9-24/h2-15,17,19-20H,16,18,21-22H2,1H3/b15-14+. The minimum Gasteiger partial charge on any atom is -0.486 e. The summed E-state index contributed by atoms with van der Waals surface area (Å²) in [5.74, 6) is 1.72. The first-order valence-electron chi connectivity index (χ1n) is 11.6. The molecule has 0 atom stereocenters. The molecule has 5 nitrogen and oxygen atoms in total. The molecule has 4 aromatic rings. The summed E-state index contributed by atoms with van der Waals surface area (Å²) in [5.41, 5.74) is 5.70. The minimum atomic E-state index is 0.416. The topological polar surface area (TPSA) is 42.6 Å². The number of aromatic nitrogens is 2. The summed E-state index contributed by atoms with van der Waals surface area (Å²) < 4.78 is 8.22. The van der Waals surface area contributed by atoms with Crippen molar-refractivity contribution < 1.29 is 4.74 Å². The molecule has 1 aliphatic rings. The van der Waals surface area contributed by atoms with Crippen LogP contribution in [0.2, 0.25) is 0 Å². The van der Waals surface area contributed by atoms with Crippen molar-refractivity contribution in [1.29, 1.82) is 0 Å². The summed E-state index contributed by atoms with van der Waals surface area (Å²) in [5, 5.41) is 0. The fourth-order valence-corrected chi connectivity index (χ4v) is 4.13. The third-order valence-electron chi connectivity index (χ3n) is 5.97.